The van der Waals surface area contributed by atoms with Crippen molar-refractivity contribution < 1.29 is 9.53 Å². The van der Waals surface area contributed by atoms with Crippen molar-refractivity contribution in [1.82, 2.24) is 5.43 Å². The molecule has 2 aromatic carbocycles. The molecule has 0 bridgehead atoms. The molecule has 2 aromatic rings. The van der Waals surface area contributed by atoms with Crippen molar-refractivity contribution in [3.8, 4) is 5.75 Å². The highest BCUT2D eigenvalue weighted by atomic mass is 35.5. The van der Waals surface area contributed by atoms with Crippen molar-refractivity contribution in [2.24, 2.45) is 5.10 Å². The van der Waals surface area contributed by atoms with Gasteiger partial charge in [0.2, 0.25) is 0 Å². The zero-order chi connectivity index (χ0) is 16.7. The number of nitrogens with zero attached hydrogens (tertiary/aromatic N) is 1. The van der Waals surface area contributed by atoms with Crippen LogP contribution >= 0.6 is 11.6 Å². The molecule has 0 saturated carbocycles. The summed E-state index contributed by atoms with van der Waals surface area (Å²) in [4.78, 5) is 12.0. The summed E-state index contributed by atoms with van der Waals surface area (Å²) < 4.78 is 5.24. The Balaban J connectivity index is 1.91. The van der Waals surface area contributed by atoms with Crippen LogP contribution in [0.15, 0.2) is 53.6 Å². The highest BCUT2D eigenvalue weighted by Crippen LogP contribution is 2.23. The summed E-state index contributed by atoms with van der Waals surface area (Å²) in [6.07, 6.45) is 1.56. The van der Waals surface area contributed by atoms with Gasteiger partial charge in [-0.05, 0) is 36.8 Å². The van der Waals surface area contributed by atoms with Crippen LogP contribution in [0.3, 0.4) is 0 Å². The van der Waals surface area contributed by atoms with Gasteiger partial charge in [0.25, 0.3) is 5.91 Å². The van der Waals surface area contributed by atoms with Crippen LogP contribution in [0, 0.1) is 0 Å². The van der Waals surface area contributed by atoms with Crippen LogP contribution in [0.2, 0.25) is 5.02 Å². The van der Waals surface area contributed by atoms with Gasteiger partial charge in [-0.3, -0.25) is 4.79 Å². The lowest BCUT2D eigenvalue weighted by Gasteiger charge is -2.15. The number of para-hydroxylation sites is 2. The number of benzene rings is 2. The molecule has 120 valence electrons. The molecular weight excluding hydrogens is 314 g/mol. The van der Waals surface area contributed by atoms with Crippen LogP contribution in [0.4, 0.5) is 5.69 Å². The molecule has 0 aromatic heterocycles. The molecule has 0 spiro atoms. The lowest BCUT2D eigenvalue weighted by molar-refractivity contribution is -0.121. The van der Waals surface area contributed by atoms with E-state index in [2.05, 4.69) is 15.8 Å². The van der Waals surface area contributed by atoms with Crippen molar-refractivity contribution in [1.29, 1.82) is 0 Å². The summed E-state index contributed by atoms with van der Waals surface area (Å²) in [6.45, 7) is 1.75. The zero-order valence-corrected chi connectivity index (χ0v) is 13.7. The highest BCUT2D eigenvalue weighted by Gasteiger charge is 2.13. The Hall–Kier alpha value is -2.53. The van der Waals surface area contributed by atoms with Crippen LogP contribution in [-0.4, -0.2) is 25.3 Å². The monoisotopic (exact) mass is 331 g/mol. The van der Waals surface area contributed by atoms with E-state index < -0.39 is 6.04 Å². The number of carbonyl (C=O) groups excluding carboxylic acids is 1. The van der Waals surface area contributed by atoms with Gasteiger partial charge in [-0.15, -0.1) is 0 Å². The van der Waals surface area contributed by atoms with Crippen LogP contribution in [0.1, 0.15) is 12.5 Å². The van der Waals surface area contributed by atoms with E-state index in [1.54, 1.807) is 32.4 Å². The first-order valence-electron chi connectivity index (χ1n) is 7.08. The van der Waals surface area contributed by atoms with Crippen LogP contribution in [-0.2, 0) is 4.79 Å². The topological polar surface area (TPSA) is 62.7 Å². The molecule has 0 heterocycles. The second kappa shape index (κ2) is 8.19. The van der Waals surface area contributed by atoms with Gasteiger partial charge in [0, 0.05) is 5.02 Å². The Kier molecular flexibility index (Phi) is 6.00. The van der Waals surface area contributed by atoms with E-state index >= 15 is 0 Å². The largest absolute Gasteiger partial charge is 0.495 e. The molecule has 2 N–H and O–H groups in total. The van der Waals surface area contributed by atoms with Gasteiger partial charge in [-0.25, -0.2) is 5.43 Å². The first-order valence-corrected chi connectivity index (χ1v) is 7.46. The standard InChI is InChI=1S/C17H18ClN3O2/c1-12(20-15-5-3-4-6-16(15)23-2)17(22)21-19-11-13-7-9-14(18)10-8-13/h3-12,20H,1-2H3,(H,21,22)/b19-11-/t12-/m0/s1. The average Bonchev–Trinajstić information content (AvgIpc) is 2.57. The fraction of sp³-hybridized carbons (Fsp3) is 0.176. The molecule has 6 heteroatoms. The number of carbonyl (C=O) groups is 1. The van der Waals surface area contributed by atoms with E-state index in [4.69, 9.17) is 16.3 Å². The quantitative estimate of drug-likeness (QED) is 0.630. The molecule has 0 fully saturated rings. The van der Waals surface area contributed by atoms with Gasteiger partial charge in [0.05, 0.1) is 19.0 Å². The minimum Gasteiger partial charge on any atom is -0.495 e. The van der Waals surface area contributed by atoms with Crippen molar-refractivity contribution in [3.63, 3.8) is 0 Å². The minimum atomic E-state index is -0.464. The molecule has 5 nitrogen and oxygen atoms in total. The van der Waals surface area contributed by atoms with E-state index in [0.717, 1.165) is 11.3 Å². The third kappa shape index (κ3) is 5.00. The van der Waals surface area contributed by atoms with E-state index in [1.165, 1.54) is 0 Å². The number of ether oxygens (including phenoxy) is 1. The lowest BCUT2D eigenvalue weighted by Crippen LogP contribution is -2.35. The maximum Gasteiger partial charge on any atom is 0.262 e. The lowest BCUT2D eigenvalue weighted by atomic mass is 10.2. The SMILES string of the molecule is COc1ccccc1N[C@@H](C)C(=O)N/N=C\c1ccc(Cl)cc1. The number of methoxy groups -OCH3 is 1. The fourth-order valence-electron chi connectivity index (χ4n) is 1.88. The predicted octanol–water partition coefficient (Wildman–Crippen LogP) is 3.30. The summed E-state index contributed by atoms with van der Waals surface area (Å²) in [5.74, 6) is 0.429. The van der Waals surface area contributed by atoms with Crippen molar-refractivity contribution in [2.45, 2.75) is 13.0 Å². The number of rotatable bonds is 6. The predicted molar refractivity (Wildman–Crippen MR) is 93.3 cm³/mol. The van der Waals surface area contributed by atoms with Gasteiger partial charge in [0.15, 0.2) is 0 Å². The Morgan fingerprint density at radius 3 is 2.61 bits per heavy atom. The maximum absolute atomic E-state index is 12.0. The molecule has 2 rings (SSSR count). The second-order valence-electron chi connectivity index (χ2n) is 4.85. The molecule has 0 aliphatic rings. The van der Waals surface area contributed by atoms with Gasteiger partial charge in [-0.2, -0.15) is 5.10 Å². The Labute approximate surface area is 140 Å². The summed E-state index contributed by atoms with van der Waals surface area (Å²) in [5, 5.41) is 7.68. The van der Waals surface area contributed by atoms with Gasteiger partial charge < -0.3 is 10.1 Å². The first-order chi connectivity index (χ1) is 11.1. The Morgan fingerprint density at radius 2 is 1.91 bits per heavy atom. The van der Waals surface area contributed by atoms with Crippen molar-refractivity contribution in [3.05, 3.63) is 59.1 Å². The van der Waals surface area contributed by atoms with Crippen LogP contribution in [0.25, 0.3) is 0 Å². The Morgan fingerprint density at radius 1 is 1.22 bits per heavy atom. The molecule has 1 atom stereocenters. The fourth-order valence-corrected chi connectivity index (χ4v) is 2.00. The molecule has 23 heavy (non-hydrogen) atoms. The van der Waals surface area contributed by atoms with Gasteiger partial charge in [-0.1, -0.05) is 35.9 Å². The van der Waals surface area contributed by atoms with Crippen molar-refractivity contribution >= 4 is 29.4 Å². The third-order valence-electron chi connectivity index (χ3n) is 3.13. The first kappa shape index (κ1) is 16.8. The number of hydrazone groups is 1. The normalized spacial score (nSPS) is 12.0. The summed E-state index contributed by atoms with van der Waals surface area (Å²) in [6, 6.07) is 14.1. The number of amides is 1. The minimum absolute atomic E-state index is 0.249. The number of anilines is 1. The van der Waals surface area contributed by atoms with Crippen molar-refractivity contribution in [2.75, 3.05) is 12.4 Å². The number of hydrogen-bond donors (Lipinski definition) is 2. The molecule has 1 amide bonds. The van der Waals surface area contributed by atoms with Crippen LogP contribution < -0.4 is 15.5 Å². The Bertz CT molecular complexity index is 686. The average molecular weight is 332 g/mol. The molecular formula is C17H18ClN3O2. The summed E-state index contributed by atoms with van der Waals surface area (Å²) in [7, 11) is 1.58. The van der Waals surface area contributed by atoms with E-state index in [9.17, 15) is 4.79 Å². The summed E-state index contributed by atoms with van der Waals surface area (Å²) in [5.41, 5.74) is 4.09. The molecule has 0 saturated heterocycles. The summed E-state index contributed by atoms with van der Waals surface area (Å²) >= 11 is 5.81. The number of halogens is 1. The molecule has 0 radical (unpaired) electrons. The van der Waals surface area contributed by atoms with E-state index in [-0.39, 0.29) is 5.91 Å². The van der Waals surface area contributed by atoms with E-state index in [1.807, 2.05) is 36.4 Å². The number of hydrogen-bond acceptors (Lipinski definition) is 4. The van der Waals surface area contributed by atoms with Gasteiger partial charge >= 0.3 is 0 Å². The maximum atomic E-state index is 12.0. The van der Waals surface area contributed by atoms with E-state index in [0.29, 0.717) is 10.8 Å². The second-order valence-corrected chi connectivity index (χ2v) is 5.29. The van der Waals surface area contributed by atoms with Crippen LogP contribution in [0.5, 0.6) is 5.75 Å². The molecule has 0 unspecified atom stereocenters. The zero-order valence-electron chi connectivity index (χ0n) is 12.9. The third-order valence-corrected chi connectivity index (χ3v) is 3.38. The molecule has 0 aliphatic carbocycles. The number of nitrogens with one attached hydrogen (secondary N) is 2. The highest BCUT2D eigenvalue weighted by molar-refractivity contribution is 6.30. The molecule has 0 aliphatic heterocycles. The van der Waals surface area contributed by atoms with Gasteiger partial charge in [0.1, 0.15) is 11.8 Å². The smallest absolute Gasteiger partial charge is 0.262 e.